The molecule has 2 aromatic carbocycles. The van der Waals surface area contributed by atoms with Crippen molar-refractivity contribution in [2.45, 2.75) is 32.4 Å². The maximum atomic E-state index is 13.4. The summed E-state index contributed by atoms with van der Waals surface area (Å²) in [7, 11) is 0. The fourth-order valence-corrected chi connectivity index (χ4v) is 4.12. The predicted octanol–water partition coefficient (Wildman–Crippen LogP) is 3.46. The van der Waals surface area contributed by atoms with Gasteiger partial charge in [-0.05, 0) is 54.2 Å². The number of hydrogen-bond donors (Lipinski definition) is 1. The number of carbonyl (C=O) groups excluding carboxylic acids is 2. The van der Waals surface area contributed by atoms with E-state index in [1.54, 1.807) is 6.08 Å². The summed E-state index contributed by atoms with van der Waals surface area (Å²) in [5.74, 6) is -1.69. The number of benzene rings is 2. The van der Waals surface area contributed by atoms with Crippen LogP contribution in [0.2, 0.25) is 0 Å². The Balaban J connectivity index is 1.55. The van der Waals surface area contributed by atoms with Gasteiger partial charge < -0.3 is 5.32 Å². The fraction of sp³-hybridized carbons (Fsp3) is 0.280. The van der Waals surface area contributed by atoms with Crippen LogP contribution in [-0.4, -0.2) is 27.0 Å². The largest absolute Gasteiger partial charge is 0.442 e. The van der Waals surface area contributed by atoms with Gasteiger partial charge in [0.1, 0.15) is 11.4 Å². The molecule has 2 unspecified atom stereocenters. The molecule has 0 spiro atoms. The number of nitrogens with zero attached hydrogens (tertiary/aromatic N) is 2. The summed E-state index contributed by atoms with van der Waals surface area (Å²) in [6.45, 7) is 3.66. The van der Waals surface area contributed by atoms with Crippen LogP contribution in [-0.2, 0) is 16.1 Å². The Kier molecular flexibility index (Phi) is 6.09. The summed E-state index contributed by atoms with van der Waals surface area (Å²) in [6, 6.07) is 14.7. The van der Waals surface area contributed by atoms with Crippen LogP contribution in [0.4, 0.5) is 4.39 Å². The predicted molar refractivity (Wildman–Crippen MR) is 120 cm³/mol. The van der Waals surface area contributed by atoms with Crippen molar-refractivity contribution in [2.24, 2.45) is 11.8 Å². The number of halogens is 1. The van der Waals surface area contributed by atoms with E-state index in [1.165, 1.54) is 30.3 Å². The molecule has 1 aromatic heterocycles. The zero-order valence-electron chi connectivity index (χ0n) is 18.3. The Morgan fingerprint density at radius 2 is 1.91 bits per heavy atom. The van der Waals surface area contributed by atoms with Crippen molar-refractivity contribution in [2.75, 3.05) is 0 Å². The zero-order valence-corrected chi connectivity index (χ0v) is 18.3. The molecule has 1 N–H and O–H groups in total. The van der Waals surface area contributed by atoms with Crippen LogP contribution in [0.25, 0.3) is 17.5 Å². The van der Waals surface area contributed by atoms with Gasteiger partial charge >= 0.3 is 5.76 Å². The Bertz CT molecular complexity index is 1240. The molecular weight excluding hydrogens is 425 g/mol. The fourth-order valence-electron chi connectivity index (χ4n) is 4.12. The highest BCUT2D eigenvalue weighted by atomic mass is 19.1. The summed E-state index contributed by atoms with van der Waals surface area (Å²) in [4.78, 5) is 38.3. The quantitative estimate of drug-likeness (QED) is 0.532. The highest BCUT2D eigenvalue weighted by Gasteiger charge is 2.61. The Morgan fingerprint density at radius 3 is 2.55 bits per heavy atom. The standard InChI is InChI=1S/C25H24FN3O4/c1-16(2)20-14-25(20,27-22(31)13-8-17-6-4-3-5-7-17)21(30)15-29-23(28-33-24(29)32)18-9-11-19(26)12-10-18/h3-13,16,20H,14-15H2,1-2H3,(H,27,31)/b13-8+. The van der Waals surface area contributed by atoms with Gasteiger partial charge in [-0.2, -0.15) is 0 Å². The molecule has 0 saturated heterocycles. The van der Waals surface area contributed by atoms with Crippen LogP contribution < -0.4 is 11.1 Å². The Morgan fingerprint density at radius 1 is 1.21 bits per heavy atom. The molecule has 1 saturated carbocycles. The molecule has 1 amide bonds. The lowest BCUT2D eigenvalue weighted by molar-refractivity contribution is -0.127. The van der Waals surface area contributed by atoms with Gasteiger partial charge in [0.15, 0.2) is 11.6 Å². The normalized spacial score (nSPS) is 19.7. The van der Waals surface area contributed by atoms with Crippen LogP contribution in [0.5, 0.6) is 0 Å². The van der Waals surface area contributed by atoms with E-state index in [4.69, 9.17) is 4.52 Å². The second-order valence-corrected chi connectivity index (χ2v) is 8.55. The number of Topliss-reactive ketones (excluding diaryl/α,β-unsaturated/α-hetero) is 1. The van der Waals surface area contributed by atoms with Gasteiger partial charge in [0.2, 0.25) is 5.91 Å². The van der Waals surface area contributed by atoms with E-state index in [2.05, 4.69) is 10.5 Å². The van der Waals surface area contributed by atoms with Crippen LogP contribution in [0.3, 0.4) is 0 Å². The first kappa shape index (κ1) is 22.4. The first-order valence-electron chi connectivity index (χ1n) is 10.7. The monoisotopic (exact) mass is 449 g/mol. The third-order valence-electron chi connectivity index (χ3n) is 5.98. The van der Waals surface area contributed by atoms with Gasteiger partial charge in [0, 0.05) is 11.6 Å². The SMILES string of the molecule is CC(C)C1CC1(NC(=O)/C=C/c1ccccc1)C(=O)Cn1c(-c2ccc(F)cc2)noc1=O. The van der Waals surface area contributed by atoms with Gasteiger partial charge in [-0.3, -0.25) is 14.1 Å². The number of ketones is 1. The summed E-state index contributed by atoms with van der Waals surface area (Å²) in [6.07, 6.45) is 3.56. The molecule has 170 valence electrons. The van der Waals surface area contributed by atoms with Crippen LogP contribution in [0.1, 0.15) is 25.8 Å². The molecule has 7 nitrogen and oxygen atoms in total. The first-order chi connectivity index (χ1) is 15.8. The lowest BCUT2D eigenvalue weighted by atomic mass is 10.00. The maximum Gasteiger partial charge on any atom is 0.442 e. The first-order valence-corrected chi connectivity index (χ1v) is 10.7. The molecule has 0 bridgehead atoms. The minimum atomic E-state index is -1.07. The van der Waals surface area contributed by atoms with E-state index in [0.29, 0.717) is 12.0 Å². The van der Waals surface area contributed by atoms with Gasteiger partial charge in [-0.25, -0.2) is 13.8 Å². The lowest BCUT2D eigenvalue weighted by Crippen LogP contribution is -2.47. The van der Waals surface area contributed by atoms with E-state index in [-0.39, 0.29) is 35.9 Å². The zero-order chi connectivity index (χ0) is 23.6. The Labute approximate surface area is 189 Å². The summed E-state index contributed by atoms with van der Waals surface area (Å²) < 4.78 is 19.2. The average molecular weight is 449 g/mol. The molecule has 1 aliphatic carbocycles. The van der Waals surface area contributed by atoms with Crippen molar-refractivity contribution in [3.63, 3.8) is 0 Å². The van der Waals surface area contributed by atoms with Gasteiger partial charge in [0.25, 0.3) is 0 Å². The molecule has 0 radical (unpaired) electrons. The molecule has 8 heteroatoms. The molecule has 0 aliphatic heterocycles. The molecular formula is C25H24FN3O4. The number of amides is 1. The Hall–Kier alpha value is -3.81. The third kappa shape index (κ3) is 4.69. The average Bonchev–Trinajstić information content (AvgIpc) is 3.44. The summed E-state index contributed by atoms with van der Waals surface area (Å²) in [5, 5.41) is 6.63. The molecule has 33 heavy (non-hydrogen) atoms. The van der Waals surface area contributed by atoms with Gasteiger partial charge in [-0.1, -0.05) is 49.3 Å². The smallest absolute Gasteiger partial charge is 0.340 e. The molecule has 1 heterocycles. The van der Waals surface area contributed by atoms with Gasteiger partial charge in [0.05, 0.1) is 6.54 Å². The summed E-state index contributed by atoms with van der Waals surface area (Å²) >= 11 is 0. The van der Waals surface area contributed by atoms with E-state index in [1.807, 2.05) is 44.2 Å². The number of nitrogens with one attached hydrogen (secondary N) is 1. The number of aromatic nitrogens is 2. The molecule has 1 fully saturated rings. The van der Waals surface area contributed by atoms with E-state index in [0.717, 1.165) is 10.1 Å². The van der Waals surface area contributed by atoms with Crippen molar-refractivity contribution in [3.05, 3.63) is 82.6 Å². The number of carbonyl (C=O) groups is 2. The minimum absolute atomic E-state index is 0.0519. The van der Waals surface area contributed by atoms with Crippen LogP contribution >= 0.6 is 0 Å². The van der Waals surface area contributed by atoms with E-state index in [9.17, 15) is 18.8 Å². The molecule has 4 rings (SSSR count). The minimum Gasteiger partial charge on any atom is -0.340 e. The highest BCUT2D eigenvalue weighted by Crippen LogP contribution is 2.49. The highest BCUT2D eigenvalue weighted by molar-refractivity contribution is 6.00. The summed E-state index contributed by atoms with van der Waals surface area (Å²) in [5.41, 5.74) is 0.239. The lowest BCUT2D eigenvalue weighted by Gasteiger charge is -2.19. The van der Waals surface area contributed by atoms with E-state index >= 15 is 0 Å². The number of rotatable bonds is 8. The van der Waals surface area contributed by atoms with Gasteiger partial charge in [-0.15, -0.1) is 0 Å². The number of hydrogen-bond acceptors (Lipinski definition) is 5. The molecule has 3 aromatic rings. The third-order valence-corrected chi connectivity index (χ3v) is 5.98. The van der Waals surface area contributed by atoms with Crippen molar-refractivity contribution in [1.29, 1.82) is 0 Å². The molecule has 1 aliphatic rings. The molecule has 2 atom stereocenters. The second kappa shape index (κ2) is 8.97. The van der Waals surface area contributed by atoms with Crippen LogP contribution in [0, 0.1) is 17.7 Å². The van der Waals surface area contributed by atoms with E-state index < -0.39 is 17.1 Å². The van der Waals surface area contributed by atoms with Crippen molar-refractivity contribution in [1.82, 2.24) is 15.0 Å². The second-order valence-electron chi connectivity index (χ2n) is 8.55. The maximum absolute atomic E-state index is 13.4. The topological polar surface area (TPSA) is 94.2 Å². The van der Waals surface area contributed by atoms with Crippen molar-refractivity contribution >= 4 is 17.8 Å². The van der Waals surface area contributed by atoms with Crippen LogP contribution in [0.15, 0.2) is 70.0 Å². The van der Waals surface area contributed by atoms with Crippen molar-refractivity contribution in [3.8, 4) is 11.4 Å². The van der Waals surface area contributed by atoms with Crippen molar-refractivity contribution < 1.29 is 18.5 Å².